The van der Waals surface area contributed by atoms with Crippen LogP contribution in [0.5, 0.6) is 0 Å². The van der Waals surface area contributed by atoms with Crippen molar-refractivity contribution in [2.75, 3.05) is 19.8 Å². The zero-order valence-corrected chi connectivity index (χ0v) is 12.2. The van der Waals surface area contributed by atoms with Crippen molar-refractivity contribution in [1.82, 2.24) is 5.32 Å². The molecule has 0 saturated carbocycles. The van der Waals surface area contributed by atoms with Gasteiger partial charge < -0.3 is 15.2 Å². The van der Waals surface area contributed by atoms with Gasteiger partial charge in [-0.1, -0.05) is 29.1 Å². The Balaban J connectivity index is 2.37. The Morgan fingerprint density at radius 2 is 2.05 bits per heavy atom. The topological polar surface area (TPSA) is 58.6 Å². The van der Waals surface area contributed by atoms with Crippen molar-refractivity contribution >= 4 is 29.1 Å². The van der Waals surface area contributed by atoms with Gasteiger partial charge >= 0.3 is 0 Å². The number of ether oxygens (including phenoxy) is 1. The van der Waals surface area contributed by atoms with Crippen molar-refractivity contribution in [2.24, 2.45) is 0 Å². The van der Waals surface area contributed by atoms with E-state index in [9.17, 15) is 9.90 Å². The van der Waals surface area contributed by atoms with Crippen LogP contribution in [0.15, 0.2) is 18.2 Å². The summed E-state index contributed by atoms with van der Waals surface area (Å²) in [5.74, 6) is 2.08. The van der Waals surface area contributed by atoms with Crippen LogP contribution >= 0.6 is 23.2 Å². The Bertz CT molecular complexity index is 479. The van der Waals surface area contributed by atoms with E-state index >= 15 is 0 Å². The van der Waals surface area contributed by atoms with Crippen LogP contribution in [0.4, 0.5) is 0 Å². The predicted molar refractivity (Wildman–Crippen MR) is 78.7 cm³/mol. The van der Waals surface area contributed by atoms with Crippen molar-refractivity contribution in [3.05, 3.63) is 33.8 Å². The van der Waals surface area contributed by atoms with E-state index < -0.39 is 6.10 Å². The van der Waals surface area contributed by atoms with E-state index in [1.54, 1.807) is 18.2 Å². The molecule has 0 saturated heterocycles. The monoisotopic (exact) mass is 315 g/mol. The Morgan fingerprint density at radius 3 is 2.65 bits per heavy atom. The summed E-state index contributed by atoms with van der Waals surface area (Å²) < 4.78 is 4.98. The third-order valence-corrected chi connectivity index (χ3v) is 2.86. The van der Waals surface area contributed by atoms with Crippen molar-refractivity contribution in [2.45, 2.75) is 12.5 Å². The number of terminal acetylenes is 1. The molecule has 4 nitrogen and oxygen atoms in total. The van der Waals surface area contributed by atoms with Gasteiger partial charge in [-0.15, -0.1) is 6.42 Å². The third kappa shape index (κ3) is 6.27. The Kier molecular flexibility index (Phi) is 7.42. The highest BCUT2D eigenvalue weighted by atomic mass is 35.5. The SMILES string of the molecule is C#CCOCCC(=O)NCC(O)c1cc(Cl)cc(Cl)c1. The maximum atomic E-state index is 11.5. The molecule has 0 aromatic heterocycles. The summed E-state index contributed by atoms with van der Waals surface area (Å²) in [7, 11) is 0. The summed E-state index contributed by atoms with van der Waals surface area (Å²) in [5.41, 5.74) is 0.548. The van der Waals surface area contributed by atoms with Crippen molar-refractivity contribution in [3.8, 4) is 12.3 Å². The zero-order valence-electron chi connectivity index (χ0n) is 10.7. The maximum absolute atomic E-state index is 11.5. The van der Waals surface area contributed by atoms with Crippen molar-refractivity contribution < 1.29 is 14.6 Å². The molecule has 108 valence electrons. The molecule has 1 atom stereocenters. The van der Waals surface area contributed by atoms with Crippen molar-refractivity contribution in [3.63, 3.8) is 0 Å². The minimum atomic E-state index is -0.873. The number of hydrogen-bond donors (Lipinski definition) is 2. The van der Waals surface area contributed by atoms with Crippen LogP contribution in [0.25, 0.3) is 0 Å². The minimum absolute atomic E-state index is 0.0741. The van der Waals surface area contributed by atoms with Gasteiger partial charge in [-0.2, -0.15) is 0 Å². The molecule has 20 heavy (non-hydrogen) atoms. The van der Waals surface area contributed by atoms with Crippen LogP contribution < -0.4 is 5.32 Å². The molecule has 2 N–H and O–H groups in total. The predicted octanol–water partition coefficient (Wildman–Crippen LogP) is 2.18. The third-order valence-electron chi connectivity index (χ3n) is 2.42. The fourth-order valence-electron chi connectivity index (χ4n) is 1.48. The lowest BCUT2D eigenvalue weighted by molar-refractivity contribution is -0.122. The van der Waals surface area contributed by atoms with E-state index in [4.69, 9.17) is 34.4 Å². The quantitative estimate of drug-likeness (QED) is 0.599. The van der Waals surface area contributed by atoms with Crippen LogP contribution in [0.2, 0.25) is 10.0 Å². The molecule has 1 aromatic rings. The number of rotatable bonds is 7. The first-order valence-corrected chi connectivity index (χ1v) is 6.70. The van der Waals surface area contributed by atoms with E-state index in [0.717, 1.165) is 0 Å². The number of carbonyl (C=O) groups excluding carboxylic acids is 1. The summed E-state index contributed by atoms with van der Waals surface area (Å²) in [5, 5.41) is 13.4. The molecular weight excluding hydrogens is 301 g/mol. The van der Waals surface area contributed by atoms with E-state index in [1.807, 2.05) is 0 Å². The first-order chi connectivity index (χ1) is 9.52. The number of amides is 1. The van der Waals surface area contributed by atoms with Crippen LogP contribution in [-0.4, -0.2) is 30.8 Å². The molecule has 1 rings (SSSR count). The van der Waals surface area contributed by atoms with Gasteiger partial charge in [0.25, 0.3) is 0 Å². The summed E-state index contributed by atoms with van der Waals surface area (Å²) in [6, 6.07) is 4.77. The van der Waals surface area contributed by atoms with E-state index in [-0.39, 0.29) is 32.1 Å². The molecule has 0 spiro atoms. The first kappa shape index (κ1) is 16.8. The van der Waals surface area contributed by atoms with Gasteiger partial charge in [-0.25, -0.2) is 0 Å². The highest BCUT2D eigenvalue weighted by molar-refractivity contribution is 6.34. The highest BCUT2D eigenvalue weighted by Gasteiger charge is 2.11. The lowest BCUT2D eigenvalue weighted by Crippen LogP contribution is -2.29. The second kappa shape index (κ2) is 8.83. The molecular formula is C14H15Cl2NO3. The second-order valence-corrected chi connectivity index (χ2v) is 4.90. The highest BCUT2D eigenvalue weighted by Crippen LogP contribution is 2.23. The van der Waals surface area contributed by atoms with Crippen LogP contribution in [0, 0.1) is 12.3 Å². The fraction of sp³-hybridized carbons (Fsp3) is 0.357. The lowest BCUT2D eigenvalue weighted by Gasteiger charge is -2.13. The number of aliphatic hydroxyl groups excluding tert-OH is 1. The molecule has 1 amide bonds. The van der Waals surface area contributed by atoms with E-state index in [1.165, 1.54) is 0 Å². The number of nitrogens with one attached hydrogen (secondary N) is 1. The second-order valence-electron chi connectivity index (χ2n) is 4.03. The van der Waals surface area contributed by atoms with E-state index in [0.29, 0.717) is 15.6 Å². The zero-order chi connectivity index (χ0) is 15.0. The molecule has 0 aliphatic heterocycles. The molecule has 1 aromatic carbocycles. The Hall–Kier alpha value is -1.25. The molecule has 0 aliphatic rings. The van der Waals surface area contributed by atoms with Gasteiger partial charge in [-0.05, 0) is 23.8 Å². The molecule has 1 unspecified atom stereocenters. The van der Waals surface area contributed by atoms with Crippen LogP contribution in [0.1, 0.15) is 18.1 Å². The number of hydrogen-bond acceptors (Lipinski definition) is 3. The smallest absolute Gasteiger partial charge is 0.222 e. The molecule has 0 aliphatic carbocycles. The average Bonchev–Trinajstić information content (AvgIpc) is 2.40. The summed E-state index contributed by atoms with van der Waals surface area (Å²) in [6.45, 7) is 0.497. The van der Waals surface area contributed by atoms with Gasteiger partial charge in [0.15, 0.2) is 0 Å². The number of carbonyl (C=O) groups is 1. The maximum Gasteiger partial charge on any atom is 0.222 e. The molecule has 0 bridgehead atoms. The summed E-state index contributed by atoms with van der Waals surface area (Å²) >= 11 is 11.7. The Labute approximate surface area is 128 Å². The van der Waals surface area contributed by atoms with Crippen molar-refractivity contribution in [1.29, 1.82) is 0 Å². The average molecular weight is 316 g/mol. The fourth-order valence-corrected chi connectivity index (χ4v) is 2.02. The summed E-state index contributed by atoms with van der Waals surface area (Å²) in [6.07, 6.45) is 4.31. The van der Waals surface area contributed by atoms with Crippen LogP contribution in [-0.2, 0) is 9.53 Å². The van der Waals surface area contributed by atoms with Gasteiger partial charge in [0.05, 0.1) is 19.1 Å². The first-order valence-electron chi connectivity index (χ1n) is 5.95. The normalized spacial score (nSPS) is 11.7. The number of benzene rings is 1. The molecule has 0 radical (unpaired) electrons. The molecule has 0 fully saturated rings. The van der Waals surface area contributed by atoms with E-state index in [2.05, 4.69) is 11.2 Å². The molecule has 6 heteroatoms. The van der Waals surface area contributed by atoms with Crippen LogP contribution in [0.3, 0.4) is 0 Å². The Morgan fingerprint density at radius 1 is 1.40 bits per heavy atom. The molecule has 0 heterocycles. The largest absolute Gasteiger partial charge is 0.387 e. The standard InChI is InChI=1S/C14H15Cl2NO3/c1-2-4-20-5-3-14(19)17-9-13(18)10-6-11(15)8-12(16)7-10/h1,6-8,13,18H,3-5,9H2,(H,17,19). The van der Waals surface area contributed by atoms with Gasteiger partial charge in [0.1, 0.15) is 6.61 Å². The van der Waals surface area contributed by atoms with Gasteiger partial charge in [0.2, 0.25) is 5.91 Å². The van der Waals surface area contributed by atoms with Gasteiger partial charge in [0, 0.05) is 16.6 Å². The number of halogens is 2. The minimum Gasteiger partial charge on any atom is -0.387 e. The lowest BCUT2D eigenvalue weighted by atomic mass is 10.1. The number of aliphatic hydroxyl groups is 1. The summed E-state index contributed by atoms with van der Waals surface area (Å²) in [4.78, 5) is 11.5. The van der Waals surface area contributed by atoms with Gasteiger partial charge in [-0.3, -0.25) is 4.79 Å².